The first-order valence-electron chi connectivity index (χ1n) is 10.8. The van der Waals surface area contributed by atoms with Crippen molar-refractivity contribution in [1.82, 2.24) is 14.5 Å². The molecule has 2 amide bonds. The molecule has 0 radical (unpaired) electrons. The maximum absolute atomic E-state index is 13.7. The second-order valence-electron chi connectivity index (χ2n) is 9.22. The summed E-state index contributed by atoms with van der Waals surface area (Å²) in [6.45, 7) is -0.415. The number of sulfonamides is 1. The Hall–Kier alpha value is -2.69. The Morgan fingerprint density at radius 3 is 2.41 bits per heavy atom. The van der Waals surface area contributed by atoms with Crippen LogP contribution in [0.25, 0.3) is 0 Å². The molecule has 8 nitrogen and oxygen atoms in total. The molecule has 2 heterocycles. The Labute approximate surface area is 183 Å². The predicted octanol–water partition coefficient (Wildman–Crippen LogP) is 2.79. The number of ether oxygens (including phenoxy) is 1. The van der Waals surface area contributed by atoms with Gasteiger partial charge >= 0.3 is 6.03 Å². The molecule has 1 fully saturated rings. The van der Waals surface area contributed by atoms with E-state index in [-0.39, 0.29) is 30.3 Å². The second kappa shape index (κ2) is 6.43. The lowest BCUT2D eigenvalue weighted by Gasteiger charge is -2.24. The lowest BCUT2D eigenvalue weighted by atomic mass is 9.99. The number of fused-ring (bicyclic) bond motifs is 3. The molecule has 3 aliphatic carbocycles. The summed E-state index contributed by atoms with van der Waals surface area (Å²) in [7, 11) is -4.31. The number of hydrogen-bond donors (Lipinski definition) is 2. The summed E-state index contributed by atoms with van der Waals surface area (Å²) in [6.07, 6.45) is 6.34. The Bertz CT molecular complexity index is 1240. The highest BCUT2D eigenvalue weighted by atomic mass is 32.2. The van der Waals surface area contributed by atoms with Gasteiger partial charge < -0.3 is 10.1 Å². The summed E-state index contributed by atoms with van der Waals surface area (Å²) in [4.78, 5) is 12.4. The van der Waals surface area contributed by atoms with E-state index in [2.05, 4.69) is 16.5 Å². The topological polar surface area (TPSA) is 102 Å². The third-order valence-corrected chi connectivity index (χ3v) is 8.45. The van der Waals surface area contributed by atoms with Gasteiger partial charge in [-0.05, 0) is 60.8 Å². The maximum Gasteiger partial charge on any atom is 0.333 e. The average Bonchev–Trinajstić information content (AvgIpc) is 3.27. The van der Waals surface area contributed by atoms with Crippen molar-refractivity contribution in [2.75, 3.05) is 11.9 Å². The van der Waals surface area contributed by atoms with E-state index in [0.717, 1.165) is 66.2 Å². The molecule has 32 heavy (non-hydrogen) atoms. The van der Waals surface area contributed by atoms with Crippen LogP contribution in [0.1, 0.15) is 41.5 Å². The highest BCUT2D eigenvalue weighted by Crippen LogP contribution is 2.63. The van der Waals surface area contributed by atoms with Crippen LogP contribution in [0.3, 0.4) is 0 Å². The molecule has 1 atom stereocenters. The first kappa shape index (κ1) is 20.0. The number of hydrogen-bond acceptors (Lipinski definition) is 5. The fourth-order valence-corrected chi connectivity index (χ4v) is 6.32. The number of aryl methyl sites for hydroxylation is 2. The van der Waals surface area contributed by atoms with Crippen molar-refractivity contribution in [2.45, 2.75) is 62.3 Å². The molecule has 1 aromatic carbocycles. The molecule has 4 aliphatic rings. The number of nitrogens with zero attached hydrogens (tertiary/aromatic N) is 2. The van der Waals surface area contributed by atoms with E-state index in [9.17, 15) is 22.0 Å². The standard InChI is InChI=1S/C21H22F2N4O4S/c22-21(23)9-20(21)10-27-18(31-11-20)16(8-24-27)32(29,30)26-19(28)25-17-14-5-1-3-12(14)7-13-4-2-6-15(13)17/h7-8H,1-6,9-11H2,(H2,25,26,28). The Morgan fingerprint density at radius 2 is 1.78 bits per heavy atom. The number of benzene rings is 1. The van der Waals surface area contributed by atoms with E-state index in [1.807, 2.05) is 4.72 Å². The van der Waals surface area contributed by atoms with Crippen LogP contribution in [0, 0.1) is 5.41 Å². The van der Waals surface area contributed by atoms with E-state index >= 15 is 0 Å². The van der Waals surface area contributed by atoms with Gasteiger partial charge in [0.25, 0.3) is 15.9 Å². The minimum absolute atomic E-state index is 0.125. The van der Waals surface area contributed by atoms with Crippen LogP contribution in [-0.4, -0.2) is 36.8 Å². The minimum atomic E-state index is -4.31. The number of nitrogens with one attached hydrogen (secondary N) is 2. The van der Waals surface area contributed by atoms with Crippen molar-refractivity contribution in [3.05, 3.63) is 34.5 Å². The van der Waals surface area contributed by atoms with E-state index < -0.39 is 27.4 Å². The molecule has 2 N–H and O–H groups in total. The normalized spacial score (nSPS) is 24.4. The number of halogens is 2. The van der Waals surface area contributed by atoms with Gasteiger partial charge in [0, 0.05) is 12.1 Å². The van der Waals surface area contributed by atoms with Crippen LogP contribution < -0.4 is 14.8 Å². The smallest absolute Gasteiger partial charge is 0.333 e. The van der Waals surface area contributed by atoms with Crippen molar-refractivity contribution in [3.63, 3.8) is 0 Å². The number of rotatable bonds is 3. The van der Waals surface area contributed by atoms with Gasteiger partial charge in [-0.2, -0.15) is 5.10 Å². The monoisotopic (exact) mass is 464 g/mol. The van der Waals surface area contributed by atoms with E-state index in [0.29, 0.717) is 0 Å². The number of alkyl halides is 2. The molecule has 1 aromatic heterocycles. The maximum atomic E-state index is 13.7. The van der Waals surface area contributed by atoms with Crippen LogP contribution in [0.15, 0.2) is 17.2 Å². The first-order valence-corrected chi connectivity index (χ1v) is 12.2. The van der Waals surface area contributed by atoms with Crippen molar-refractivity contribution >= 4 is 21.7 Å². The largest absolute Gasteiger partial charge is 0.476 e. The highest BCUT2D eigenvalue weighted by molar-refractivity contribution is 7.90. The Kier molecular flexibility index (Phi) is 4.01. The molecule has 11 heteroatoms. The zero-order chi connectivity index (χ0) is 22.3. The number of carbonyl (C=O) groups is 1. The lowest BCUT2D eigenvalue weighted by Crippen LogP contribution is -2.36. The molecule has 1 spiro atoms. The molecule has 0 bridgehead atoms. The molecular weight excluding hydrogens is 442 g/mol. The molecular formula is C21H22F2N4O4S. The fraction of sp³-hybridized carbons (Fsp3) is 0.524. The van der Waals surface area contributed by atoms with Gasteiger partial charge in [0.15, 0.2) is 4.90 Å². The van der Waals surface area contributed by atoms with Crippen molar-refractivity contribution in [1.29, 1.82) is 0 Å². The van der Waals surface area contributed by atoms with Crippen molar-refractivity contribution in [3.8, 4) is 5.88 Å². The summed E-state index contributed by atoms with van der Waals surface area (Å²) in [5, 5.41) is 6.70. The molecule has 170 valence electrons. The number of amides is 2. The first-order chi connectivity index (χ1) is 15.2. The molecule has 1 aliphatic heterocycles. The van der Waals surface area contributed by atoms with Gasteiger partial charge in [0.1, 0.15) is 6.61 Å². The molecule has 0 saturated heterocycles. The Morgan fingerprint density at radius 1 is 1.12 bits per heavy atom. The number of urea groups is 1. The van der Waals surface area contributed by atoms with Gasteiger partial charge in [-0.1, -0.05) is 6.07 Å². The van der Waals surface area contributed by atoms with E-state index in [1.165, 1.54) is 11.1 Å². The summed E-state index contributed by atoms with van der Waals surface area (Å²) >= 11 is 0. The van der Waals surface area contributed by atoms with Crippen molar-refractivity contribution in [2.24, 2.45) is 5.41 Å². The van der Waals surface area contributed by atoms with E-state index in [1.54, 1.807) is 0 Å². The van der Waals surface area contributed by atoms with Crippen LogP contribution in [-0.2, 0) is 42.3 Å². The third-order valence-electron chi connectivity index (χ3n) is 7.14. The molecule has 1 unspecified atom stereocenters. The van der Waals surface area contributed by atoms with Gasteiger partial charge in [-0.15, -0.1) is 0 Å². The van der Waals surface area contributed by atoms with Crippen LogP contribution in [0.2, 0.25) is 0 Å². The third kappa shape index (κ3) is 2.86. The molecule has 6 rings (SSSR count). The molecule has 1 saturated carbocycles. The Balaban J connectivity index is 1.24. The van der Waals surface area contributed by atoms with E-state index in [4.69, 9.17) is 4.74 Å². The van der Waals surface area contributed by atoms with Gasteiger partial charge in [-0.25, -0.2) is 31.4 Å². The SMILES string of the molecule is O=C(Nc1c2c(cc3c1CCC3)CCC2)NS(=O)(=O)c1cnn2c1OCC1(C2)CC1(F)F. The average molecular weight is 464 g/mol. The minimum Gasteiger partial charge on any atom is -0.476 e. The molecule has 2 aromatic rings. The summed E-state index contributed by atoms with van der Waals surface area (Å²) in [5.74, 6) is -2.97. The zero-order valence-corrected chi connectivity index (χ0v) is 18.0. The quantitative estimate of drug-likeness (QED) is 0.727. The van der Waals surface area contributed by atoms with Gasteiger partial charge in [0.05, 0.1) is 18.2 Å². The predicted molar refractivity (Wildman–Crippen MR) is 110 cm³/mol. The van der Waals surface area contributed by atoms with Gasteiger partial charge in [0.2, 0.25) is 5.88 Å². The lowest BCUT2D eigenvalue weighted by molar-refractivity contribution is 0.0141. The number of anilines is 1. The summed E-state index contributed by atoms with van der Waals surface area (Å²) in [5.41, 5.74) is 4.00. The number of carbonyl (C=O) groups excluding carboxylic acids is 1. The van der Waals surface area contributed by atoms with Crippen LogP contribution in [0.5, 0.6) is 5.88 Å². The zero-order valence-electron chi connectivity index (χ0n) is 17.2. The van der Waals surface area contributed by atoms with Crippen molar-refractivity contribution < 1.29 is 26.7 Å². The second-order valence-corrected chi connectivity index (χ2v) is 10.9. The van der Waals surface area contributed by atoms with Gasteiger partial charge in [-0.3, -0.25) is 0 Å². The van der Waals surface area contributed by atoms with Crippen LogP contribution in [0.4, 0.5) is 19.3 Å². The summed E-state index contributed by atoms with van der Waals surface area (Å²) < 4.78 is 61.7. The number of aromatic nitrogens is 2. The fourth-order valence-electron chi connectivity index (χ4n) is 5.33. The van der Waals surface area contributed by atoms with Crippen LogP contribution >= 0.6 is 0 Å². The highest BCUT2D eigenvalue weighted by Gasteiger charge is 2.73. The summed E-state index contributed by atoms with van der Waals surface area (Å²) in [6, 6.07) is 1.36.